The summed E-state index contributed by atoms with van der Waals surface area (Å²) >= 11 is 0. The maximum Gasteiger partial charge on any atom is 0.323 e. The van der Waals surface area contributed by atoms with E-state index in [1.54, 1.807) is 0 Å². The third-order valence-corrected chi connectivity index (χ3v) is 2.45. The number of ether oxygens (including phenoxy) is 1. The maximum atomic E-state index is 10.8. The van der Waals surface area contributed by atoms with Gasteiger partial charge in [0.15, 0.2) is 5.41 Å². The van der Waals surface area contributed by atoms with Gasteiger partial charge in [-0.1, -0.05) is 30.3 Å². The third-order valence-electron chi connectivity index (χ3n) is 2.45. The van der Waals surface area contributed by atoms with Gasteiger partial charge in [0.25, 0.3) is 0 Å². The van der Waals surface area contributed by atoms with Crippen molar-refractivity contribution >= 4 is 11.9 Å². The monoisotopic (exact) mass is 238 g/mol. The highest BCUT2D eigenvalue weighted by Crippen LogP contribution is 2.18. The third kappa shape index (κ3) is 3.29. The summed E-state index contributed by atoms with van der Waals surface area (Å²) in [5, 5.41) is 17.7. The smallest absolute Gasteiger partial charge is 0.323 e. The van der Waals surface area contributed by atoms with Crippen LogP contribution >= 0.6 is 0 Å². The van der Waals surface area contributed by atoms with Gasteiger partial charge in [-0.2, -0.15) is 0 Å². The molecule has 1 rings (SSSR count). The number of rotatable bonds is 6. The number of hydrogen-bond donors (Lipinski definition) is 2. The fourth-order valence-electron chi connectivity index (χ4n) is 1.16. The quantitative estimate of drug-likeness (QED) is 0.731. The van der Waals surface area contributed by atoms with Crippen LogP contribution in [0.5, 0.6) is 0 Å². The Morgan fingerprint density at radius 3 is 2.18 bits per heavy atom. The summed E-state index contributed by atoms with van der Waals surface area (Å²) in [6, 6.07) is 9.14. The van der Waals surface area contributed by atoms with Crippen molar-refractivity contribution in [3.05, 3.63) is 35.9 Å². The molecule has 0 heterocycles. The fourth-order valence-corrected chi connectivity index (χ4v) is 1.16. The largest absolute Gasteiger partial charge is 0.480 e. The van der Waals surface area contributed by atoms with E-state index in [1.807, 2.05) is 30.3 Å². The molecule has 0 radical (unpaired) electrons. The molecule has 2 N–H and O–H groups in total. The van der Waals surface area contributed by atoms with Crippen LogP contribution in [0, 0.1) is 5.41 Å². The number of carbonyl (C=O) groups is 2. The number of aliphatic carboxylic acids is 2. The van der Waals surface area contributed by atoms with Gasteiger partial charge in [-0.15, -0.1) is 0 Å². The second kappa shape index (κ2) is 5.45. The van der Waals surface area contributed by atoms with E-state index >= 15 is 0 Å². The molecule has 0 atom stereocenters. The summed E-state index contributed by atoms with van der Waals surface area (Å²) in [4.78, 5) is 21.7. The molecule has 1 aromatic carbocycles. The van der Waals surface area contributed by atoms with E-state index in [2.05, 4.69) is 0 Å². The van der Waals surface area contributed by atoms with Crippen LogP contribution in [0.1, 0.15) is 12.5 Å². The van der Waals surface area contributed by atoms with Gasteiger partial charge < -0.3 is 14.9 Å². The molecule has 0 amide bonds. The maximum absolute atomic E-state index is 10.8. The van der Waals surface area contributed by atoms with Crippen LogP contribution in [-0.2, 0) is 20.9 Å². The van der Waals surface area contributed by atoms with E-state index < -0.39 is 17.4 Å². The van der Waals surface area contributed by atoms with E-state index in [9.17, 15) is 9.59 Å². The molecule has 5 heteroatoms. The molecule has 0 aromatic heterocycles. The van der Waals surface area contributed by atoms with Crippen molar-refractivity contribution in [1.29, 1.82) is 0 Å². The van der Waals surface area contributed by atoms with Crippen molar-refractivity contribution in [1.82, 2.24) is 0 Å². The number of hydrogen-bond acceptors (Lipinski definition) is 3. The molecule has 92 valence electrons. The average molecular weight is 238 g/mol. The summed E-state index contributed by atoms with van der Waals surface area (Å²) in [5.41, 5.74) is -1.04. The van der Waals surface area contributed by atoms with Gasteiger partial charge in [0.1, 0.15) is 0 Å². The van der Waals surface area contributed by atoms with Crippen LogP contribution in [-0.4, -0.2) is 28.8 Å². The Labute approximate surface area is 98.6 Å². The zero-order valence-corrected chi connectivity index (χ0v) is 9.42. The summed E-state index contributed by atoms with van der Waals surface area (Å²) in [6.07, 6.45) is 0. The normalized spacial score (nSPS) is 11.1. The topological polar surface area (TPSA) is 83.8 Å². The Hall–Kier alpha value is -1.88. The molecule has 0 aliphatic carbocycles. The highest BCUT2D eigenvalue weighted by atomic mass is 16.5. The lowest BCUT2D eigenvalue weighted by Gasteiger charge is -2.19. The zero-order chi connectivity index (χ0) is 12.9. The van der Waals surface area contributed by atoms with Crippen LogP contribution in [0.25, 0.3) is 0 Å². The molecule has 0 saturated carbocycles. The molecule has 1 aromatic rings. The Morgan fingerprint density at radius 1 is 1.18 bits per heavy atom. The Balaban J connectivity index is 2.55. The highest BCUT2D eigenvalue weighted by molar-refractivity contribution is 5.97. The SMILES string of the molecule is CC(COCc1ccccc1)(C(=O)O)C(=O)O. The van der Waals surface area contributed by atoms with Gasteiger partial charge in [0.05, 0.1) is 13.2 Å². The van der Waals surface area contributed by atoms with Crippen LogP contribution in [0.2, 0.25) is 0 Å². The van der Waals surface area contributed by atoms with Gasteiger partial charge in [0, 0.05) is 0 Å². The molecule has 0 aliphatic heterocycles. The van der Waals surface area contributed by atoms with Gasteiger partial charge in [0.2, 0.25) is 0 Å². The van der Waals surface area contributed by atoms with Gasteiger partial charge in [-0.25, -0.2) is 0 Å². The highest BCUT2D eigenvalue weighted by Gasteiger charge is 2.42. The molecule has 0 saturated heterocycles. The number of carboxylic acids is 2. The van der Waals surface area contributed by atoms with E-state index in [-0.39, 0.29) is 13.2 Å². The Kier molecular flexibility index (Phi) is 4.23. The first-order chi connectivity index (χ1) is 7.97. The van der Waals surface area contributed by atoms with Crippen molar-refractivity contribution in [3.63, 3.8) is 0 Å². The zero-order valence-electron chi connectivity index (χ0n) is 9.42. The number of benzene rings is 1. The van der Waals surface area contributed by atoms with Crippen molar-refractivity contribution < 1.29 is 24.5 Å². The summed E-state index contributed by atoms with van der Waals surface area (Å²) in [5.74, 6) is -2.81. The predicted octanol–water partition coefficient (Wildman–Crippen LogP) is 1.38. The minimum atomic E-state index is -1.91. The number of carboxylic acid groups (broad SMARTS) is 2. The molecule has 5 nitrogen and oxygen atoms in total. The first kappa shape index (κ1) is 13.2. The first-order valence-electron chi connectivity index (χ1n) is 5.05. The Bertz CT molecular complexity index is 385. The van der Waals surface area contributed by atoms with E-state index in [0.717, 1.165) is 12.5 Å². The van der Waals surface area contributed by atoms with Crippen molar-refractivity contribution in [3.8, 4) is 0 Å². The minimum absolute atomic E-state index is 0.191. The van der Waals surface area contributed by atoms with Crippen molar-refractivity contribution in [2.24, 2.45) is 5.41 Å². The molecule has 0 fully saturated rings. The second-order valence-corrected chi connectivity index (χ2v) is 3.92. The van der Waals surface area contributed by atoms with Crippen molar-refractivity contribution in [2.75, 3.05) is 6.61 Å². The Morgan fingerprint density at radius 2 is 1.71 bits per heavy atom. The average Bonchev–Trinajstić information content (AvgIpc) is 2.29. The van der Waals surface area contributed by atoms with E-state index in [1.165, 1.54) is 0 Å². The summed E-state index contributed by atoms with van der Waals surface area (Å²) in [6.45, 7) is 0.951. The molecule has 0 bridgehead atoms. The molecule has 17 heavy (non-hydrogen) atoms. The standard InChI is InChI=1S/C12H14O5/c1-12(10(13)14,11(15)16)8-17-7-9-5-3-2-4-6-9/h2-6H,7-8H2,1H3,(H,13,14)(H,15,16). The lowest BCUT2D eigenvalue weighted by molar-refractivity contribution is -0.168. The van der Waals surface area contributed by atoms with Gasteiger partial charge >= 0.3 is 11.9 Å². The van der Waals surface area contributed by atoms with Crippen LogP contribution in [0.4, 0.5) is 0 Å². The first-order valence-corrected chi connectivity index (χ1v) is 5.05. The molecule has 0 aliphatic rings. The molecular formula is C12H14O5. The summed E-state index contributed by atoms with van der Waals surface area (Å²) in [7, 11) is 0. The van der Waals surface area contributed by atoms with Crippen LogP contribution in [0.15, 0.2) is 30.3 Å². The van der Waals surface area contributed by atoms with Gasteiger partial charge in [-0.3, -0.25) is 9.59 Å². The van der Waals surface area contributed by atoms with Gasteiger partial charge in [-0.05, 0) is 12.5 Å². The lowest BCUT2D eigenvalue weighted by atomic mass is 9.92. The second-order valence-electron chi connectivity index (χ2n) is 3.92. The fraction of sp³-hybridized carbons (Fsp3) is 0.333. The molecule has 0 spiro atoms. The van der Waals surface area contributed by atoms with Crippen molar-refractivity contribution in [2.45, 2.75) is 13.5 Å². The van der Waals surface area contributed by atoms with E-state index in [0.29, 0.717) is 0 Å². The molecular weight excluding hydrogens is 224 g/mol. The van der Waals surface area contributed by atoms with Crippen LogP contribution < -0.4 is 0 Å². The summed E-state index contributed by atoms with van der Waals surface area (Å²) < 4.78 is 5.15. The minimum Gasteiger partial charge on any atom is -0.480 e. The van der Waals surface area contributed by atoms with E-state index in [4.69, 9.17) is 14.9 Å². The van der Waals surface area contributed by atoms with Crippen LogP contribution in [0.3, 0.4) is 0 Å². The predicted molar refractivity (Wildman–Crippen MR) is 59.5 cm³/mol. The lowest BCUT2D eigenvalue weighted by Crippen LogP contribution is -2.40. The molecule has 0 unspecified atom stereocenters.